The fraction of sp³-hybridized carbons (Fsp3) is 0.250. The Morgan fingerprint density at radius 2 is 2.33 bits per heavy atom. The Kier molecular flexibility index (Phi) is 2.08. The molecule has 1 aliphatic heterocycles. The predicted octanol–water partition coefficient (Wildman–Crippen LogP) is 1.97. The fourth-order valence-electron chi connectivity index (χ4n) is 1.03. The van der Waals surface area contributed by atoms with Crippen molar-refractivity contribution in [1.82, 2.24) is 4.98 Å². The molecule has 0 fully saturated rings. The molecule has 0 unspecified atom stereocenters. The average Bonchev–Trinajstić information content (AvgIpc) is 2.58. The molecule has 0 saturated heterocycles. The van der Waals surface area contributed by atoms with Gasteiger partial charge in [-0.3, -0.25) is 4.98 Å². The molecule has 1 aliphatic rings. The summed E-state index contributed by atoms with van der Waals surface area (Å²) < 4.78 is 0.978. The standard InChI is InChI=1S/C8H7BrN2O/c9-6-1-2-7(10-5-6)8-3-4-12-11-8/h1-2,5H,3-4H2. The Bertz CT molecular complexity index is 307. The molecule has 0 atom stereocenters. The third-order valence-electron chi connectivity index (χ3n) is 1.63. The first-order chi connectivity index (χ1) is 5.86. The number of hydrogen-bond donors (Lipinski definition) is 0. The lowest BCUT2D eigenvalue weighted by Crippen LogP contribution is -1.99. The van der Waals surface area contributed by atoms with Gasteiger partial charge in [-0.25, -0.2) is 0 Å². The van der Waals surface area contributed by atoms with Crippen LogP contribution in [0.15, 0.2) is 28.0 Å². The Balaban J connectivity index is 2.28. The third kappa shape index (κ3) is 1.48. The van der Waals surface area contributed by atoms with Crippen LogP contribution in [0.3, 0.4) is 0 Å². The highest BCUT2D eigenvalue weighted by molar-refractivity contribution is 9.10. The van der Waals surface area contributed by atoms with Crippen molar-refractivity contribution in [2.24, 2.45) is 5.16 Å². The Labute approximate surface area is 78.6 Å². The summed E-state index contributed by atoms with van der Waals surface area (Å²) in [5.41, 5.74) is 1.83. The molecule has 0 aromatic carbocycles. The molecule has 62 valence electrons. The van der Waals surface area contributed by atoms with Gasteiger partial charge in [-0.15, -0.1) is 0 Å². The molecule has 1 aromatic rings. The van der Waals surface area contributed by atoms with E-state index in [-0.39, 0.29) is 0 Å². The smallest absolute Gasteiger partial charge is 0.122 e. The maximum absolute atomic E-state index is 4.88. The molecule has 0 bridgehead atoms. The molecular formula is C8H7BrN2O. The zero-order valence-corrected chi connectivity index (χ0v) is 7.91. The van der Waals surface area contributed by atoms with E-state index in [9.17, 15) is 0 Å². The summed E-state index contributed by atoms with van der Waals surface area (Å²) in [7, 11) is 0. The molecule has 4 heteroatoms. The molecule has 3 nitrogen and oxygen atoms in total. The molecule has 0 aliphatic carbocycles. The van der Waals surface area contributed by atoms with Crippen LogP contribution < -0.4 is 0 Å². The van der Waals surface area contributed by atoms with Gasteiger partial charge in [0.1, 0.15) is 12.3 Å². The van der Waals surface area contributed by atoms with Crippen molar-refractivity contribution >= 4 is 21.6 Å². The maximum atomic E-state index is 4.88. The van der Waals surface area contributed by atoms with Crippen molar-refractivity contribution in [3.05, 3.63) is 28.5 Å². The van der Waals surface area contributed by atoms with Gasteiger partial charge in [0.2, 0.25) is 0 Å². The molecule has 0 radical (unpaired) electrons. The lowest BCUT2D eigenvalue weighted by Gasteiger charge is -1.95. The van der Waals surface area contributed by atoms with Gasteiger partial charge in [0.15, 0.2) is 0 Å². The van der Waals surface area contributed by atoms with Crippen LogP contribution in [0.25, 0.3) is 0 Å². The Morgan fingerprint density at radius 3 is 2.92 bits per heavy atom. The van der Waals surface area contributed by atoms with E-state index in [2.05, 4.69) is 26.1 Å². The SMILES string of the molecule is Brc1ccc(C2=NOCC2)nc1. The number of aromatic nitrogens is 1. The minimum Gasteiger partial charge on any atom is -0.395 e. The minimum absolute atomic E-state index is 0.674. The summed E-state index contributed by atoms with van der Waals surface area (Å²) in [4.78, 5) is 9.08. The van der Waals surface area contributed by atoms with Gasteiger partial charge in [0.25, 0.3) is 0 Å². The van der Waals surface area contributed by atoms with Crippen LogP contribution in [0, 0.1) is 0 Å². The molecule has 0 amide bonds. The van der Waals surface area contributed by atoms with Gasteiger partial charge in [-0.2, -0.15) is 0 Å². The van der Waals surface area contributed by atoms with Crippen LogP contribution in [0.2, 0.25) is 0 Å². The van der Waals surface area contributed by atoms with Gasteiger partial charge in [0.05, 0.1) is 5.69 Å². The molecule has 2 rings (SSSR count). The molecule has 0 N–H and O–H groups in total. The van der Waals surface area contributed by atoms with Crippen LogP contribution >= 0.6 is 15.9 Å². The van der Waals surface area contributed by atoms with E-state index in [1.165, 1.54) is 0 Å². The number of pyridine rings is 1. The van der Waals surface area contributed by atoms with Crippen LogP contribution in [0.5, 0.6) is 0 Å². The zero-order chi connectivity index (χ0) is 8.39. The van der Waals surface area contributed by atoms with Gasteiger partial charge in [-0.1, -0.05) is 5.16 Å². The lowest BCUT2D eigenvalue weighted by atomic mass is 10.2. The van der Waals surface area contributed by atoms with Gasteiger partial charge < -0.3 is 4.84 Å². The summed E-state index contributed by atoms with van der Waals surface area (Å²) in [6.45, 7) is 0.674. The van der Waals surface area contributed by atoms with Crippen molar-refractivity contribution in [3.63, 3.8) is 0 Å². The summed E-state index contributed by atoms with van der Waals surface area (Å²) in [6.07, 6.45) is 2.62. The quantitative estimate of drug-likeness (QED) is 0.734. The van der Waals surface area contributed by atoms with E-state index in [1.54, 1.807) is 6.20 Å². The van der Waals surface area contributed by atoms with Crippen LogP contribution in [0.4, 0.5) is 0 Å². The van der Waals surface area contributed by atoms with Crippen molar-refractivity contribution in [1.29, 1.82) is 0 Å². The molecule has 12 heavy (non-hydrogen) atoms. The largest absolute Gasteiger partial charge is 0.395 e. The van der Waals surface area contributed by atoms with Gasteiger partial charge >= 0.3 is 0 Å². The average molecular weight is 227 g/mol. The fourth-order valence-corrected chi connectivity index (χ4v) is 1.27. The lowest BCUT2D eigenvalue weighted by molar-refractivity contribution is 0.174. The zero-order valence-electron chi connectivity index (χ0n) is 6.33. The van der Waals surface area contributed by atoms with Gasteiger partial charge in [-0.05, 0) is 28.1 Å². The van der Waals surface area contributed by atoms with Crippen LogP contribution in [-0.2, 0) is 4.84 Å². The highest BCUT2D eigenvalue weighted by Crippen LogP contribution is 2.11. The molecule has 0 spiro atoms. The number of hydrogen-bond acceptors (Lipinski definition) is 3. The van der Waals surface area contributed by atoms with E-state index < -0.39 is 0 Å². The van der Waals surface area contributed by atoms with E-state index >= 15 is 0 Å². The maximum Gasteiger partial charge on any atom is 0.122 e. The van der Waals surface area contributed by atoms with E-state index in [0.717, 1.165) is 22.3 Å². The first kappa shape index (κ1) is 7.73. The van der Waals surface area contributed by atoms with Crippen molar-refractivity contribution in [2.45, 2.75) is 6.42 Å². The third-order valence-corrected chi connectivity index (χ3v) is 2.10. The summed E-state index contributed by atoms with van der Waals surface area (Å²) >= 11 is 3.32. The highest BCUT2D eigenvalue weighted by Gasteiger charge is 2.10. The molecule has 2 heterocycles. The van der Waals surface area contributed by atoms with E-state index in [1.807, 2.05) is 12.1 Å². The van der Waals surface area contributed by atoms with Crippen molar-refractivity contribution < 1.29 is 4.84 Å². The number of nitrogens with zero attached hydrogens (tertiary/aromatic N) is 2. The monoisotopic (exact) mass is 226 g/mol. The highest BCUT2D eigenvalue weighted by atomic mass is 79.9. The molecule has 0 saturated carbocycles. The Morgan fingerprint density at radius 1 is 1.42 bits per heavy atom. The summed E-state index contributed by atoms with van der Waals surface area (Å²) in [5, 5.41) is 3.87. The Hall–Kier alpha value is -0.900. The first-order valence-corrected chi connectivity index (χ1v) is 4.46. The molecule has 1 aromatic heterocycles. The second-order valence-corrected chi connectivity index (χ2v) is 3.40. The van der Waals surface area contributed by atoms with Crippen molar-refractivity contribution in [3.8, 4) is 0 Å². The normalized spacial score (nSPS) is 15.6. The molecular weight excluding hydrogens is 220 g/mol. The van der Waals surface area contributed by atoms with Crippen LogP contribution in [-0.4, -0.2) is 17.3 Å². The predicted molar refractivity (Wildman–Crippen MR) is 49.0 cm³/mol. The topological polar surface area (TPSA) is 34.5 Å². The summed E-state index contributed by atoms with van der Waals surface area (Å²) in [6, 6.07) is 3.88. The number of rotatable bonds is 1. The number of oxime groups is 1. The van der Waals surface area contributed by atoms with Gasteiger partial charge in [0, 0.05) is 17.1 Å². The minimum atomic E-state index is 0.674. The van der Waals surface area contributed by atoms with Crippen LogP contribution in [0.1, 0.15) is 12.1 Å². The second-order valence-electron chi connectivity index (χ2n) is 2.48. The second kappa shape index (κ2) is 3.23. The van der Waals surface area contributed by atoms with E-state index in [4.69, 9.17) is 4.84 Å². The number of halogens is 1. The summed E-state index contributed by atoms with van der Waals surface area (Å²) in [5.74, 6) is 0. The first-order valence-electron chi connectivity index (χ1n) is 3.67. The van der Waals surface area contributed by atoms with E-state index in [0.29, 0.717) is 6.61 Å². The van der Waals surface area contributed by atoms with Crippen molar-refractivity contribution in [2.75, 3.05) is 6.61 Å².